The number of aliphatic hydroxyl groups excluding tert-OH is 1. The van der Waals surface area contributed by atoms with Gasteiger partial charge >= 0.3 is 0 Å². The first-order valence-electron chi connectivity index (χ1n) is 7.41. The van der Waals surface area contributed by atoms with Gasteiger partial charge in [-0.2, -0.15) is 0 Å². The van der Waals surface area contributed by atoms with Crippen LogP contribution in [0, 0.1) is 12.8 Å². The summed E-state index contributed by atoms with van der Waals surface area (Å²) in [6.45, 7) is 6.07. The maximum absolute atomic E-state index is 10.5. The average Bonchev–Trinajstić information content (AvgIpc) is 2.67. The fraction of sp³-hybridized carbons (Fsp3) is 0.647. The molecule has 2 rings (SSSR count). The first-order valence-corrected chi connectivity index (χ1v) is 7.41. The lowest BCUT2D eigenvalue weighted by molar-refractivity contribution is -0.0197. The molecule has 0 aliphatic heterocycles. The molecule has 0 saturated heterocycles. The molecule has 3 atom stereocenters. The molecule has 1 aromatic carbocycles. The van der Waals surface area contributed by atoms with Crippen LogP contribution in [-0.4, -0.2) is 36.3 Å². The summed E-state index contributed by atoms with van der Waals surface area (Å²) in [5.74, 6) is 0.563. The summed E-state index contributed by atoms with van der Waals surface area (Å²) in [4.78, 5) is 0. The van der Waals surface area contributed by atoms with E-state index in [-0.39, 0.29) is 24.7 Å². The van der Waals surface area contributed by atoms with Gasteiger partial charge in [-0.1, -0.05) is 19.1 Å². The van der Waals surface area contributed by atoms with Crippen LogP contribution in [0.5, 0.6) is 5.75 Å². The highest BCUT2D eigenvalue weighted by atomic mass is 16.7. The molecule has 0 spiro atoms. The molecule has 1 aliphatic rings. The molecule has 1 unspecified atom stereocenters. The fourth-order valence-electron chi connectivity index (χ4n) is 3.61. The van der Waals surface area contributed by atoms with Gasteiger partial charge in [-0.25, -0.2) is 0 Å². The van der Waals surface area contributed by atoms with Crippen molar-refractivity contribution in [3.63, 3.8) is 0 Å². The van der Waals surface area contributed by atoms with Gasteiger partial charge in [-0.3, -0.25) is 0 Å². The highest BCUT2D eigenvalue weighted by molar-refractivity contribution is 5.44. The molecule has 118 valence electrons. The van der Waals surface area contributed by atoms with E-state index in [1.54, 1.807) is 7.11 Å². The Morgan fingerprint density at radius 1 is 1.29 bits per heavy atom. The van der Waals surface area contributed by atoms with Gasteiger partial charge in [-0.05, 0) is 38.3 Å². The van der Waals surface area contributed by atoms with Gasteiger partial charge in [0.15, 0.2) is 6.79 Å². The predicted octanol–water partition coefficient (Wildman–Crippen LogP) is 2.39. The SMILES string of the molecule is COCOc1cc(C)ccc1[C@]1(C)CC[C@](C)(O)C1CO. The Hall–Kier alpha value is -1.10. The highest BCUT2D eigenvalue weighted by Crippen LogP contribution is 2.52. The Kier molecular flexibility index (Phi) is 4.61. The van der Waals surface area contributed by atoms with Crippen molar-refractivity contribution in [1.29, 1.82) is 0 Å². The molecule has 1 aliphatic carbocycles. The van der Waals surface area contributed by atoms with Crippen molar-refractivity contribution in [1.82, 2.24) is 0 Å². The van der Waals surface area contributed by atoms with Crippen molar-refractivity contribution in [3.05, 3.63) is 29.3 Å². The molecular formula is C17H26O4. The standard InChI is InChI=1S/C17H26O4/c1-12-5-6-13(14(9-12)21-11-20-4)16(2)7-8-17(3,19)15(16)10-18/h5-6,9,15,18-19H,7-8,10-11H2,1-4H3/t15?,16-,17-/m0/s1. The Balaban J connectivity index is 2.44. The van der Waals surface area contributed by atoms with E-state index < -0.39 is 5.60 Å². The van der Waals surface area contributed by atoms with Gasteiger partial charge in [0.1, 0.15) is 5.75 Å². The first-order chi connectivity index (χ1) is 9.85. The van der Waals surface area contributed by atoms with E-state index in [4.69, 9.17) is 9.47 Å². The van der Waals surface area contributed by atoms with Gasteiger partial charge in [0.05, 0.1) is 5.60 Å². The minimum Gasteiger partial charge on any atom is -0.467 e. The van der Waals surface area contributed by atoms with E-state index in [1.165, 1.54) is 0 Å². The topological polar surface area (TPSA) is 58.9 Å². The van der Waals surface area contributed by atoms with Gasteiger partial charge in [0, 0.05) is 30.6 Å². The molecule has 1 aromatic rings. The van der Waals surface area contributed by atoms with Gasteiger partial charge < -0.3 is 19.7 Å². The second kappa shape index (κ2) is 5.95. The van der Waals surface area contributed by atoms with Crippen LogP contribution in [0.3, 0.4) is 0 Å². The van der Waals surface area contributed by atoms with Crippen molar-refractivity contribution >= 4 is 0 Å². The van der Waals surface area contributed by atoms with E-state index >= 15 is 0 Å². The zero-order valence-electron chi connectivity index (χ0n) is 13.3. The second-order valence-electron chi connectivity index (χ2n) is 6.56. The van der Waals surface area contributed by atoms with Gasteiger partial charge in [0.25, 0.3) is 0 Å². The van der Waals surface area contributed by atoms with Crippen molar-refractivity contribution in [2.45, 2.75) is 44.6 Å². The van der Waals surface area contributed by atoms with Gasteiger partial charge in [-0.15, -0.1) is 0 Å². The lowest BCUT2D eigenvalue weighted by Crippen LogP contribution is -2.41. The molecule has 4 heteroatoms. The molecule has 1 saturated carbocycles. The third kappa shape index (κ3) is 2.93. The average molecular weight is 294 g/mol. The Morgan fingerprint density at radius 3 is 2.62 bits per heavy atom. The number of aryl methyl sites for hydroxylation is 1. The molecule has 1 fully saturated rings. The van der Waals surface area contributed by atoms with Crippen molar-refractivity contribution in [2.24, 2.45) is 5.92 Å². The van der Waals surface area contributed by atoms with Crippen LogP contribution < -0.4 is 4.74 Å². The van der Waals surface area contributed by atoms with Crippen molar-refractivity contribution < 1.29 is 19.7 Å². The summed E-state index contributed by atoms with van der Waals surface area (Å²) in [5, 5.41) is 20.3. The summed E-state index contributed by atoms with van der Waals surface area (Å²) in [6, 6.07) is 6.08. The molecule has 0 heterocycles. The van der Waals surface area contributed by atoms with Crippen LogP contribution in [0.4, 0.5) is 0 Å². The minimum absolute atomic E-state index is 0.0406. The van der Waals surface area contributed by atoms with E-state index in [2.05, 4.69) is 6.92 Å². The number of hydrogen-bond donors (Lipinski definition) is 2. The van der Waals surface area contributed by atoms with Crippen LogP contribution in [0.25, 0.3) is 0 Å². The molecule has 21 heavy (non-hydrogen) atoms. The third-order valence-corrected chi connectivity index (χ3v) is 4.94. The molecule has 4 nitrogen and oxygen atoms in total. The number of ether oxygens (including phenoxy) is 2. The number of benzene rings is 1. The summed E-state index contributed by atoms with van der Waals surface area (Å²) >= 11 is 0. The molecular weight excluding hydrogens is 268 g/mol. The zero-order valence-corrected chi connectivity index (χ0v) is 13.3. The van der Waals surface area contributed by atoms with Crippen LogP contribution in [-0.2, 0) is 10.2 Å². The van der Waals surface area contributed by atoms with Crippen LogP contribution in [0.2, 0.25) is 0 Å². The fourth-order valence-corrected chi connectivity index (χ4v) is 3.61. The summed E-state index contributed by atoms with van der Waals surface area (Å²) in [7, 11) is 1.59. The summed E-state index contributed by atoms with van der Waals surface area (Å²) < 4.78 is 10.7. The lowest BCUT2D eigenvalue weighted by Gasteiger charge is -2.37. The normalized spacial score (nSPS) is 32.4. The largest absolute Gasteiger partial charge is 0.467 e. The zero-order chi connectivity index (χ0) is 15.7. The highest BCUT2D eigenvalue weighted by Gasteiger charge is 2.52. The quantitative estimate of drug-likeness (QED) is 0.819. The molecule has 0 radical (unpaired) electrons. The van der Waals surface area contributed by atoms with Crippen LogP contribution in [0.15, 0.2) is 18.2 Å². The van der Waals surface area contributed by atoms with E-state index in [0.29, 0.717) is 6.42 Å². The Labute approximate surface area is 126 Å². The maximum Gasteiger partial charge on any atom is 0.188 e. The van der Waals surface area contributed by atoms with E-state index in [9.17, 15) is 10.2 Å². The predicted molar refractivity (Wildman–Crippen MR) is 81.5 cm³/mol. The summed E-state index contributed by atoms with van der Waals surface area (Å²) in [6.07, 6.45) is 1.49. The Bertz CT molecular complexity index is 498. The molecule has 2 N–H and O–H groups in total. The van der Waals surface area contributed by atoms with E-state index in [0.717, 1.165) is 23.3 Å². The number of aliphatic hydroxyl groups is 2. The lowest BCUT2D eigenvalue weighted by atomic mass is 9.71. The number of methoxy groups -OCH3 is 1. The van der Waals surface area contributed by atoms with Crippen LogP contribution >= 0.6 is 0 Å². The molecule has 0 amide bonds. The smallest absolute Gasteiger partial charge is 0.188 e. The number of rotatable bonds is 5. The third-order valence-electron chi connectivity index (χ3n) is 4.94. The van der Waals surface area contributed by atoms with Crippen molar-refractivity contribution in [3.8, 4) is 5.75 Å². The van der Waals surface area contributed by atoms with Crippen molar-refractivity contribution in [2.75, 3.05) is 20.5 Å². The molecule has 0 bridgehead atoms. The second-order valence-corrected chi connectivity index (χ2v) is 6.56. The van der Waals surface area contributed by atoms with Crippen LogP contribution in [0.1, 0.15) is 37.8 Å². The maximum atomic E-state index is 10.5. The summed E-state index contributed by atoms with van der Waals surface area (Å²) in [5.41, 5.74) is 0.975. The minimum atomic E-state index is -0.854. The van der Waals surface area contributed by atoms with Gasteiger partial charge in [0.2, 0.25) is 0 Å². The number of hydrogen-bond acceptors (Lipinski definition) is 4. The monoisotopic (exact) mass is 294 g/mol. The van der Waals surface area contributed by atoms with E-state index in [1.807, 2.05) is 32.0 Å². The molecule has 0 aromatic heterocycles. The first kappa shape index (κ1) is 16.3. The Morgan fingerprint density at radius 2 is 2.00 bits per heavy atom.